The van der Waals surface area contributed by atoms with Gasteiger partial charge in [-0.25, -0.2) is 8.42 Å². The number of carbonyl (C=O) groups excluding carboxylic acids is 2. The number of carbonyl (C=O) groups is 2. The quantitative estimate of drug-likeness (QED) is 0.390. The first-order valence-corrected chi connectivity index (χ1v) is 12.8. The monoisotopic (exact) mass is 501 g/mol. The second-order valence-electron chi connectivity index (χ2n) is 8.33. The lowest BCUT2D eigenvalue weighted by Crippen LogP contribution is -2.57. The van der Waals surface area contributed by atoms with Crippen LogP contribution in [0.1, 0.15) is 20.7 Å². The summed E-state index contributed by atoms with van der Waals surface area (Å²) in [6.07, 6.45) is 4.68. The topological polar surface area (TPSA) is 121 Å². The fraction of sp³-hybridized carbons (Fsp3) is 0.154. The van der Waals surface area contributed by atoms with E-state index in [1.807, 2.05) is 12.1 Å². The highest BCUT2D eigenvalue weighted by molar-refractivity contribution is 7.92. The van der Waals surface area contributed by atoms with Crippen molar-refractivity contribution in [1.29, 1.82) is 0 Å². The van der Waals surface area contributed by atoms with Gasteiger partial charge in [0.05, 0.1) is 16.1 Å². The zero-order chi connectivity index (χ0) is 25.1. The Morgan fingerprint density at radius 3 is 2.44 bits per heavy atom. The molecule has 5 rings (SSSR count). The second-order valence-corrected chi connectivity index (χ2v) is 10.0. The lowest BCUT2D eigenvalue weighted by atomic mass is 10.0. The molecule has 2 aromatic carbocycles. The Bertz CT molecular complexity index is 1520. The van der Waals surface area contributed by atoms with Gasteiger partial charge < -0.3 is 10.2 Å². The number of piperazine rings is 1. The first kappa shape index (κ1) is 23.6. The number of Topliss-reactive ketones (excluding diaryl/α,β-unsaturated/α-hetero) is 1. The summed E-state index contributed by atoms with van der Waals surface area (Å²) >= 11 is 0. The van der Waals surface area contributed by atoms with Gasteiger partial charge in [0.15, 0.2) is 5.78 Å². The molecule has 182 valence electrons. The van der Waals surface area contributed by atoms with Gasteiger partial charge >= 0.3 is 0 Å². The van der Waals surface area contributed by atoms with Crippen molar-refractivity contribution in [3.8, 4) is 0 Å². The van der Waals surface area contributed by atoms with Crippen LogP contribution in [0, 0.1) is 0 Å². The summed E-state index contributed by atoms with van der Waals surface area (Å²) in [4.78, 5) is 36.1. The van der Waals surface area contributed by atoms with E-state index < -0.39 is 16.1 Å². The van der Waals surface area contributed by atoms with Gasteiger partial charge in [-0.15, -0.1) is 0 Å². The molecule has 0 aliphatic carbocycles. The maximum absolute atomic E-state index is 13.3. The van der Waals surface area contributed by atoms with Crippen LogP contribution in [0.2, 0.25) is 0 Å². The first-order valence-electron chi connectivity index (χ1n) is 11.4. The molecule has 0 saturated carbocycles. The summed E-state index contributed by atoms with van der Waals surface area (Å²) < 4.78 is 28.7. The van der Waals surface area contributed by atoms with Crippen molar-refractivity contribution in [1.82, 2.24) is 20.2 Å². The van der Waals surface area contributed by atoms with Gasteiger partial charge in [-0.1, -0.05) is 18.2 Å². The summed E-state index contributed by atoms with van der Waals surface area (Å²) in [7, 11) is -3.92. The Balaban J connectivity index is 1.36. The van der Waals surface area contributed by atoms with Crippen molar-refractivity contribution in [3.63, 3.8) is 0 Å². The SMILES string of the molecule is O=C(c1ccncc1)C1CNCCN1C(=O)c1ccc(S(=O)(=O)Nc2cccc3cccnc23)cc1. The average Bonchev–Trinajstić information content (AvgIpc) is 2.93. The number of benzene rings is 2. The molecule has 2 N–H and O–H groups in total. The molecule has 1 fully saturated rings. The van der Waals surface area contributed by atoms with E-state index in [0.717, 1.165) is 5.39 Å². The van der Waals surface area contributed by atoms with E-state index in [1.54, 1.807) is 36.5 Å². The van der Waals surface area contributed by atoms with E-state index >= 15 is 0 Å². The number of anilines is 1. The average molecular weight is 502 g/mol. The summed E-state index contributed by atoms with van der Waals surface area (Å²) in [6.45, 7) is 1.25. The van der Waals surface area contributed by atoms with Gasteiger partial charge in [0.2, 0.25) is 0 Å². The molecular formula is C26H23N5O4S. The minimum Gasteiger partial charge on any atom is -0.326 e. The van der Waals surface area contributed by atoms with E-state index in [1.165, 1.54) is 41.6 Å². The van der Waals surface area contributed by atoms with Gasteiger partial charge in [0.25, 0.3) is 15.9 Å². The molecular weight excluding hydrogens is 478 g/mol. The van der Waals surface area contributed by atoms with Crippen LogP contribution in [-0.2, 0) is 10.0 Å². The number of pyridine rings is 2. The fourth-order valence-electron chi connectivity index (χ4n) is 4.22. The minimum absolute atomic E-state index is 0.0108. The van der Waals surface area contributed by atoms with Crippen LogP contribution < -0.4 is 10.0 Å². The Labute approximate surface area is 208 Å². The molecule has 36 heavy (non-hydrogen) atoms. The lowest BCUT2D eigenvalue weighted by Gasteiger charge is -2.35. The van der Waals surface area contributed by atoms with Gasteiger partial charge in [-0.05, 0) is 48.5 Å². The number of fused-ring (bicyclic) bond motifs is 1. The number of hydrogen-bond donors (Lipinski definition) is 2. The van der Waals surface area contributed by atoms with Crippen LogP contribution >= 0.6 is 0 Å². The molecule has 1 saturated heterocycles. The molecule has 1 aliphatic rings. The predicted octanol–water partition coefficient (Wildman–Crippen LogP) is 2.73. The number of aromatic nitrogens is 2. The number of nitrogens with one attached hydrogen (secondary N) is 2. The molecule has 0 radical (unpaired) electrons. The van der Waals surface area contributed by atoms with Crippen molar-refractivity contribution < 1.29 is 18.0 Å². The van der Waals surface area contributed by atoms with E-state index in [2.05, 4.69) is 20.0 Å². The standard InChI is InChI=1S/C26H23N5O4S/c32-25(19-10-13-27-14-11-19)23-17-28-15-16-31(23)26(33)20-6-8-21(9-7-20)36(34,35)30-22-5-1-3-18-4-2-12-29-24(18)22/h1-14,23,28,30H,15-17H2. The Morgan fingerprint density at radius 2 is 1.67 bits per heavy atom. The van der Waals surface area contributed by atoms with E-state index in [9.17, 15) is 18.0 Å². The number of ketones is 1. The van der Waals surface area contributed by atoms with Crippen LogP contribution in [0.3, 0.4) is 0 Å². The molecule has 1 atom stereocenters. The number of amides is 1. The molecule has 2 aromatic heterocycles. The second kappa shape index (κ2) is 9.84. The summed E-state index contributed by atoms with van der Waals surface area (Å²) in [6, 6.07) is 17.2. The largest absolute Gasteiger partial charge is 0.326 e. The summed E-state index contributed by atoms with van der Waals surface area (Å²) in [5.74, 6) is -0.510. The predicted molar refractivity (Wildman–Crippen MR) is 135 cm³/mol. The number of para-hydroxylation sites is 1. The zero-order valence-electron chi connectivity index (χ0n) is 19.2. The molecule has 3 heterocycles. The molecule has 9 nitrogen and oxygen atoms in total. The molecule has 1 unspecified atom stereocenters. The number of nitrogens with zero attached hydrogens (tertiary/aromatic N) is 3. The number of sulfonamides is 1. The van der Waals surface area contributed by atoms with Gasteiger partial charge in [-0.2, -0.15) is 0 Å². The smallest absolute Gasteiger partial charge is 0.261 e. The molecule has 1 aliphatic heterocycles. The van der Waals surface area contributed by atoms with Gasteiger partial charge in [0, 0.05) is 54.7 Å². The fourth-order valence-corrected chi connectivity index (χ4v) is 5.29. The van der Waals surface area contributed by atoms with Gasteiger partial charge in [0.1, 0.15) is 6.04 Å². The highest BCUT2D eigenvalue weighted by atomic mass is 32.2. The molecule has 0 spiro atoms. The minimum atomic E-state index is -3.92. The van der Waals surface area contributed by atoms with Crippen molar-refractivity contribution in [2.75, 3.05) is 24.4 Å². The van der Waals surface area contributed by atoms with E-state index in [-0.39, 0.29) is 16.6 Å². The van der Waals surface area contributed by atoms with Crippen LogP contribution in [0.5, 0.6) is 0 Å². The first-order chi connectivity index (χ1) is 17.4. The summed E-state index contributed by atoms with van der Waals surface area (Å²) in [5, 5.41) is 3.97. The zero-order valence-corrected chi connectivity index (χ0v) is 20.0. The van der Waals surface area contributed by atoms with Crippen molar-refractivity contribution in [3.05, 3.63) is 96.4 Å². The number of hydrogen-bond acceptors (Lipinski definition) is 7. The van der Waals surface area contributed by atoms with Crippen LogP contribution in [0.4, 0.5) is 5.69 Å². The Morgan fingerprint density at radius 1 is 0.917 bits per heavy atom. The third kappa shape index (κ3) is 4.68. The molecule has 10 heteroatoms. The molecule has 1 amide bonds. The van der Waals surface area contributed by atoms with Gasteiger partial charge in [-0.3, -0.25) is 24.3 Å². The van der Waals surface area contributed by atoms with E-state index in [0.29, 0.717) is 42.0 Å². The maximum atomic E-state index is 13.3. The maximum Gasteiger partial charge on any atom is 0.261 e. The van der Waals surface area contributed by atoms with E-state index in [4.69, 9.17) is 0 Å². The Hall–Kier alpha value is -4.15. The van der Waals surface area contributed by atoms with Crippen molar-refractivity contribution in [2.45, 2.75) is 10.9 Å². The molecule has 4 aromatic rings. The highest BCUT2D eigenvalue weighted by Crippen LogP contribution is 2.24. The third-order valence-electron chi connectivity index (χ3n) is 6.06. The lowest BCUT2D eigenvalue weighted by molar-refractivity contribution is 0.0570. The Kier molecular flexibility index (Phi) is 6.45. The van der Waals surface area contributed by atoms with Crippen LogP contribution in [0.25, 0.3) is 10.9 Å². The normalized spacial score (nSPS) is 16.0. The number of rotatable bonds is 6. The van der Waals surface area contributed by atoms with Crippen LogP contribution in [-0.4, -0.2) is 60.7 Å². The highest BCUT2D eigenvalue weighted by Gasteiger charge is 2.33. The van der Waals surface area contributed by atoms with Crippen LogP contribution in [0.15, 0.2) is 90.2 Å². The summed E-state index contributed by atoms with van der Waals surface area (Å²) in [5.41, 5.74) is 1.69. The van der Waals surface area contributed by atoms with Crippen molar-refractivity contribution >= 4 is 38.3 Å². The molecule has 0 bridgehead atoms. The third-order valence-corrected chi connectivity index (χ3v) is 7.44. The van der Waals surface area contributed by atoms with Crippen molar-refractivity contribution in [2.24, 2.45) is 0 Å².